The van der Waals surface area contributed by atoms with E-state index in [0.29, 0.717) is 32.4 Å². The zero-order chi connectivity index (χ0) is 20.5. The summed E-state index contributed by atoms with van der Waals surface area (Å²) in [6.45, 7) is 0.794. The summed E-state index contributed by atoms with van der Waals surface area (Å²) in [5.41, 5.74) is 12.5. The van der Waals surface area contributed by atoms with Crippen molar-refractivity contribution in [2.45, 2.75) is 56.7 Å². The van der Waals surface area contributed by atoms with E-state index in [0.717, 1.165) is 18.4 Å². The number of carbonyl (C=O) groups is 3. The molecular formula is C20H30N4O4. The van der Waals surface area contributed by atoms with Gasteiger partial charge in [-0.15, -0.1) is 0 Å². The number of nitrogens with zero attached hydrogens (tertiary/aromatic N) is 1. The highest BCUT2D eigenvalue weighted by atomic mass is 16.4. The van der Waals surface area contributed by atoms with Crippen LogP contribution in [0.25, 0.3) is 0 Å². The average Bonchev–Trinajstić information content (AvgIpc) is 2.70. The van der Waals surface area contributed by atoms with Crippen molar-refractivity contribution in [3.05, 3.63) is 35.9 Å². The Hall–Kier alpha value is -2.45. The maximum absolute atomic E-state index is 12.9. The van der Waals surface area contributed by atoms with Gasteiger partial charge >= 0.3 is 5.97 Å². The summed E-state index contributed by atoms with van der Waals surface area (Å²) in [7, 11) is 0. The van der Waals surface area contributed by atoms with Crippen LogP contribution >= 0.6 is 0 Å². The molecule has 0 unspecified atom stereocenters. The topological polar surface area (TPSA) is 139 Å². The van der Waals surface area contributed by atoms with Crippen molar-refractivity contribution in [1.82, 2.24) is 10.2 Å². The Morgan fingerprint density at radius 2 is 1.93 bits per heavy atom. The van der Waals surface area contributed by atoms with Gasteiger partial charge in [0, 0.05) is 6.54 Å². The minimum absolute atomic E-state index is 0.256. The van der Waals surface area contributed by atoms with Gasteiger partial charge < -0.3 is 26.8 Å². The third-order valence-electron chi connectivity index (χ3n) is 5.02. The lowest BCUT2D eigenvalue weighted by molar-refractivity contribution is -0.146. The molecule has 154 valence electrons. The van der Waals surface area contributed by atoms with Gasteiger partial charge in [-0.3, -0.25) is 9.59 Å². The fourth-order valence-electron chi connectivity index (χ4n) is 3.48. The lowest BCUT2D eigenvalue weighted by atomic mass is 9.98. The van der Waals surface area contributed by atoms with Gasteiger partial charge in [0.05, 0.1) is 6.04 Å². The van der Waals surface area contributed by atoms with E-state index < -0.39 is 30.0 Å². The normalized spacial score (nSPS) is 18.9. The molecule has 1 aliphatic rings. The van der Waals surface area contributed by atoms with Gasteiger partial charge in [-0.05, 0) is 50.6 Å². The van der Waals surface area contributed by atoms with Crippen LogP contribution in [0.3, 0.4) is 0 Å². The summed E-state index contributed by atoms with van der Waals surface area (Å²) >= 11 is 0. The van der Waals surface area contributed by atoms with Crippen molar-refractivity contribution >= 4 is 17.8 Å². The van der Waals surface area contributed by atoms with E-state index in [4.69, 9.17) is 11.5 Å². The quantitative estimate of drug-likeness (QED) is 0.477. The minimum atomic E-state index is -1.10. The molecule has 2 rings (SSSR count). The van der Waals surface area contributed by atoms with Gasteiger partial charge in [-0.1, -0.05) is 30.3 Å². The smallest absolute Gasteiger partial charge is 0.326 e. The fourth-order valence-corrected chi connectivity index (χ4v) is 3.48. The zero-order valence-corrected chi connectivity index (χ0v) is 16.0. The molecule has 0 aromatic heterocycles. The summed E-state index contributed by atoms with van der Waals surface area (Å²) in [5, 5.41) is 11.9. The van der Waals surface area contributed by atoms with Crippen LogP contribution in [-0.2, 0) is 20.8 Å². The van der Waals surface area contributed by atoms with E-state index in [9.17, 15) is 19.5 Å². The van der Waals surface area contributed by atoms with Gasteiger partial charge in [0.25, 0.3) is 0 Å². The number of nitrogens with two attached hydrogens (primary N) is 2. The molecule has 0 aliphatic carbocycles. The monoisotopic (exact) mass is 390 g/mol. The first-order valence-corrected chi connectivity index (χ1v) is 9.77. The van der Waals surface area contributed by atoms with E-state index in [1.54, 1.807) is 0 Å². The summed E-state index contributed by atoms with van der Waals surface area (Å²) in [6, 6.07) is 7.03. The first-order valence-electron chi connectivity index (χ1n) is 9.77. The number of hydrogen-bond acceptors (Lipinski definition) is 5. The molecule has 8 heteroatoms. The Morgan fingerprint density at radius 1 is 1.21 bits per heavy atom. The van der Waals surface area contributed by atoms with E-state index in [1.807, 2.05) is 30.3 Å². The van der Waals surface area contributed by atoms with Crippen molar-refractivity contribution in [3.63, 3.8) is 0 Å². The first kappa shape index (κ1) is 21.8. The first-order chi connectivity index (χ1) is 13.4. The van der Waals surface area contributed by atoms with Crippen molar-refractivity contribution in [1.29, 1.82) is 0 Å². The maximum atomic E-state index is 12.9. The van der Waals surface area contributed by atoms with Crippen LogP contribution in [0.2, 0.25) is 0 Å². The number of likely N-dealkylation sites (tertiary alicyclic amines) is 1. The van der Waals surface area contributed by atoms with E-state index in [2.05, 4.69) is 5.32 Å². The van der Waals surface area contributed by atoms with E-state index in [-0.39, 0.29) is 12.3 Å². The third kappa shape index (κ3) is 6.03. The standard InChI is InChI=1S/C20H30N4O4/c21-11-6-9-16(20(27)28)23-18(25)17-10-4-5-12-24(17)19(26)15(22)13-14-7-2-1-3-8-14/h1-3,7-8,15-17H,4-6,9-13,21-22H2,(H,23,25)(H,27,28)/t15-,16+,17+/m1/s1. The second-order valence-electron chi connectivity index (χ2n) is 7.17. The van der Waals surface area contributed by atoms with Crippen LogP contribution in [0.1, 0.15) is 37.7 Å². The molecule has 8 nitrogen and oxygen atoms in total. The zero-order valence-electron chi connectivity index (χ0n) is 16.0. The summed E-state index contributed by atoms with van der Waals surface area (Å²) in [4.78, 5) is 38.5. The van der Waals surface area contributed by atoms with Crippen molar-refractivity contribution < 1.29 is 19.5 Å². The molecule has 28 heavy (non-hydrogen) atoms. The SMILES string of the molecule is NCCC[C@H](NC(=O)[C@@H]1CCCCN1C(=O)[C@H](N)Cc1ccccc1)C(=O)O. The predicted molar refractivity (Wildman–Crippen MR) is 105 cm³/mol. The highest BCUT2D eigenvalue weighted by Gasteiger charge is 2.35. The molecule has 0 saturated carbocycles. The summed E-state index contributed by atoms with van der Waals surface area (Å²) in [6.07, 6.45) is 3.23. The molecule has 0 spiro atoms. The van der Waals surface area contributed by atoms with Gasteiger partial charge in [-0.2, -0.15) is 0 Å². The number of hydrogen-bond donors (Lipinski definition) is 4. The van der Waals surface area contributed by atoms with Gasteiger partial charge in [0.1, 0.15) is 12.1 Å². The number of carboxylic acid groups (broad SMARTS) is 1. The highest BCUT2D eigenvalue weighted by molar-refractivity contribution is 5.92. The number of carbonyl (C=O) groups excluding carboxylic acids is 2. The van der Waals surface area contributed by atoms with Crippen LogP contribution in [0.15, 0.2) is 30.3 Å². The van der Waals surface area contributed by atoms with Crippen LogP contribution in [0, 0.1) is 0 Å². The number of nitrogens with one attached hydrogen (secondary N) is 1. The molecule has 0 radical (unpaired) electrons. The number of piperidine rings is 1. The van der Waals surface area contributed by atoms with E-state index in [1.165, 1.54) is 4.90 Å². The second kappa shape index (κ2) is 10.8. The molecular weight excluding hydrogens is 360 g/mol. The van der Waals surface area contributed by atoms with Crippen LogP contribution in [0.4, 0.5) is 0 Å². The predicted octanol–water partition coefficient (Wildman–Crippen LogP) is 0.246. The highest BCUT2D eigenvalue weighted by Crippen LogP contribution is 2.19. The molecule has 6 N–H and O–H groups in total. The molecule has 2 amide bonds. The van der Waals surface area contributed by atoms with Crippen molar-refractivity contribution in [3.8, 4) is 0 Å². The molecule has 1 aromatic carbocycles. The summed E-state index contributed by atoms with van der Waals surface area (Å²) < 4.78 is 0. The largest absolute Gasteiger partial charge is 0.480 e. The minimum Gasteiger partial charge on any atom is -0.480 e. The Balaban J connectivity index is 2.04. The number of aliphatic carboxylic acids is 1. The van der Waals surface area contributed by atoms with Crippen LogP contribution in [-0.4, -0.2) is 59.0 Å². The molecule has 1 heterocycles. The second-order valence-corrected chi connectivity index (χ2v) is 7.17. The number of benzene rings is 1. The molecule has 1 aliphatic heterocycles. The maximum Gasteiger partial charge on any atom is 0.326 e. The molecule has 1 aromatic rings. The van der Waals surface area contributed by atoms with Crippen LogP contribution in [0.5, 0.6) is 0 Å². The molecule has 1 saturated heterocycles. The lowest BCUT2D eigenvalue weighted by Crippen LogP contribution is -2.58. The lowest BCUT2D eigenvalue weighted by Gasteiger charge is -2.36. The Labute approximate surface area is 165 Å². The number of rotatable bonds is 9. The number of carboxylic acids is 1. The van der Waals surface area contributed by atoms with Gasteiger partial charge in [0.15, 0.2) is 0 Å². The van der Waals surface area contributed by atoms with Gasteiger partial charge in [-0.25, -0.2) is 4.79 Å². The third-order valence-corrected chi connectivity index (χ3v) is 5.02. The molecule has 3 atom stereocenters. The van der Waals surface area contributed by atoms with Crippen molar-refractivity contribution in [2.24, 2.45) is 11.5 Å². The number of amides is 2. The fraction of sp³-hybridized carbons (Fsp3) is 0.550. The summed E-state index contributed by atoms with van der Waals surface area (Å²) in [5.74, 6) is -1.82. The molecule has 1 fully saturated rings. The molecule has 0 bridgehead atoms. The Morgan fingerprint density at radius 3 is 2.57 bits per heavy atom. The van der Waals surface area contributed by atoms with E-state index >= 15 is 0 Å². The van der Waals surface area contributed by atoms with Crippen molar-refractivity contribution in [2.75, 3.05) is 13.1 Å². The Bertz CT molecular complexity index is 667. The van der Waals surface area contributed by atoms with Gasteiger partial charge in [0.2, 0.25) is 11.8 Å². The Kier molecular flexibility index (Phi) is 8.41. The van der Waals surface area contributed by atoms with Crippen LogP contribution < -0.4 is 16.8 Å². The average molecular weight is 390 g/mol.